The van der Waals surface area contributed by atoms with Crippen molar-refractivity contribution < 1.29 is 8.42 Å². The Morgan fingerprint density at radius 2 is 1.95 bits per heavy atom. The van der Waals surface area contributed by atoms with Gasteiger partial charge in [0.05, 0.1) is 5.52 Å². The van der Waals surface area contributed by atoms with Gasteiger partial charge in [0.25, 0.3) is 10.0 Å². The van der Waals surface area contributed by atoms with Crippen LogP contribution >= 0.6 is 11.3 Å². The fourth-order valence-corrected chi connectivity index (χ4v) is 4.83. The third-order valence-corrected chi connectivity index (χ3v) is 6.35. The summed E-state index contributed by atoms with van der Waals surface area (Å²) in [6, 6.07) is 11.0. The standard InChI is InChI=1S/C15H16N2O2S2/c1-16(2)11-12-5-3-6-14-13(12)8-9-17(14)21(18,19)15-7-4-10-20-15/h3-10H,11H2,1-2H3. The first-order chi connectivity index (χ1) is 10.00. The lowest BCUT2D eigenvalue weighted by Gasteiger charge is -2.11. The molecule has 0 fully saturated rings. The first-order valence-corrected chi connectivity index (χ1v) is 8.85. The van der Waals surface area contributed by atoms with Gasteiger partial charge in [-0.15, -0.1) is 11.3 Å². The van der Waals surface area contributed by atoms with Crippen LogP contribution in [0.2, 0.25) is 0 Å². The second kappa shape index (κ2) is 5.29. The van der Waals surface area contributed by atoms with Gasteiger partial charge in [0.1, 0.15) is 4.21 Å². The van der Waals surface area contributed by atoms with Crippen LogP contribution in [0.5, 0.6) is 0 Å². The van der Waals surface area contributed by atoms with Crippen molar-refractivity contribution in [3.8, 4) is 0 Å². The monoisotopic (exact) mass is 320 g/mol. The summed E-state index contributed by atoms with van der Waals surface area (Å²) in [5, 5.41) is 2.75. The fourth-order valence-electron chi connectivity index (χ4n) is 2.40. The maximum Gasteiger partial charge on any atom is 0.277 e. The molecule has 0 unspecified atom stereocenters. The molecule has 0 saturated carbocycles. The summed E-state index contributed by atoms with van der Waals surface area (Å²) in [6.07, 6.45) is 1.64. The van der Waals surface area contributed by atoms with Gasteiger partial charge in [0, 0.05) is 18.1 Å². The zero-order chi connectivity index (χ0) is 15.0. The molecule has 0 radical (unpaired) electrons. The second-order valence-electron chi connectivity index (χ2n) is 5.14. The third kappa shape index (κ3) is 2.50. The number of hydrogen-bond donors (Lipinski definition) is 0. The zero-order valence-electron chi connectivity index (χ0n) is 11.9. The summed E-state index contributed by atoms with van der Waals surface area (Å²) in [4.78, 5) is 2.07. The van der Waals surface area contributed by atoms with Gasteiger partial charge in [0.15, 0.2) is 0 Å². The van der Waals surface area contributed by atoms with E-state index in [2.05, 4.69) is 4.90 Å². The maximum absolute atomic E-state index is 12.7. The first kappa shape index (κ1) is 14.3. The van der Waals surface area contributed by atoms with Crippen LogP contribution in [0.1, 0.15) is 5.56 Å². The number of fused-ring (bicyclic) bond motifs is 1. The van der Waals surface area contributed by atoms with Crippen LogP contribution in [0.15, 0.2) is 52.2 Å². The van der Waals surface area contributed by atoms with E-state index in [1.165, 1.54) is 15.3 Å². The minimum absolute atomic E-state index is 0.359. The molecule has 0 atom stereocenters. The van der Waals surface area contributed by atoms with Crippen LogP contribution in [-0.2, 0) is 16.6 Å². The highest BCUT2D eigenvalue weighted by molar-refractivity contribution is 7.92. The van der Waals surface area contributed by atoms with E-state index in [-0.39, 0.29) is 0 Å². The molecule has 0 N–H and O–H groups in total. The van der Waals surface area contributed by atoms with E-state index < -0.39 is 10.0 Å². The van der Waals surface area contributed by atoms with Crippen molar-refractivity contribution in [2.24, 2.45) is 0 Å². The Morgan fingerprint density at radius 1 is 1.14 bits per heavy atom. The smallest absolute Gasteiger partial charge is 0.277 e. The van der Waals surface area contributed by atoms with Gasteiger partial charge < -0.3 is 4.90 Å². The Kier molecular flexibility index (Phi) is 3.61. The first-order valence-electron chi connectivity index (χ1n) is 6.53. The second-order valence-corrected chi connectivity index (χ2v) is 8.13. The topological polar surface area (TPSA) is 42.3 Å². The number of thiophene rings is 1. The van der Waals surface area contributed by atoms with Crippen molar-refractivity contribution in [3.63, 3.8) is 0 Å². The number of benzene rings is 1. The van der Waals surface area contributed by atoms with Crippen LogP contribution in [0.3, 0.4) is 0 Å². The van der Waals surface area contributed by atoms with E-state index >= 15 is 0 Å². The normalized spacial score (nSPS) is 12.3. The van der Waals surface area contributed by atoms with Crippen molar-refractivity contribution in [2.75, 3.05) is 14.1 Å². The summed E-state index contributed by atoms with van der Waals surface area (Å²) >= 11 is 1.23. The molecule has 0 bridgehead atoms. The lowest BCUT2D eigenvalue weighted by molar-refractivity contribution is 0.404. The van der Waals surface area contributed by atoms with Gasteiger partial charge in [-0.2, -0.15) is 8.42 Å². The number of hydrogen-bond acceptors (Lipinski definition) is 4. The number of rotatable bonds is 4. The fraction of sp³-hybridized carbons (Fsp3) is 0.200. The van der Waals surface area contributed by atoms with Crippen LogP contribution in [-0.4, -0.2) is 31.4 Å². The molecular weight excluding hydrogens is 304 g/mol. The van der Waals surface area contributed by atoms with Crippen molar-refractivity contribution in [2.45, 2.75) is 10.8 Å². The lowest BCUT2D eigenvalue weighted by atomic mass is 10.1. The van der Waals surface area contributed by atoms with Gasteiger partial charge in [-0.05, 0) is 43.2 Å². The maximum atomic E-state index is 12.7. The number of aromatic nitrogens is 1. The largest absolute Gasteiger partial charge is 0.305 e. The average Bonchev–Trinajstić information content (AvgIpc) is 3.08. The van der Waals surface area contributed by atoms with Crippen LogP contribution < -0.4 is 0 Å². The van der Waals surface area contributed by atoms with Gasteiger partial charge in [0.2, 0.25) is 0 Å². The van der Waals surface area contributed by atoms with E-state index in [9.17, 15) is 8.42 Å². The molecule has 21 heavy (non-hydrogen) atoms. The highest BCUT2D eigenvalue weighted by Gasteiger charge is 2.20. The molecule has 0 saturated heterocycles. The minimum Gasteiger partial charge on any atom is -0.305 e. The Balaban J connectivity index is 2.18. The Bertz CT molecular complexity index is 862. The molecule has 0 spiro atoms. The molecule has 2 heterocycles. The molecule has 0 aliphatic carbocycles. The predicted octanol–water partition coefficient (Wildman–Crippen LogP) is 3.00. The van der Waals surface area contributed by atoms with Crippen molar-refractivity contribution in [3.05, 3.63) is 53.5 Å². The summed E-state index contributed by atoms with van der Waals surface area (Å²) in [5.41, 5.74) is 1.85. The number of nitrogens with zero attached hydrogens (tertiary/aromatic N) is 2. The molecule has 4 nitrogen and oxygen atoms in total. The molecule has 2 aromatic heterocycles. The molecule has 110 valence electrons. The van der Waals surface area contributed by atoms with E-state index in [1.54, 1.807) is 23.7 Å². The SMILES string of the molecule is CN(C)Cc1cccc2c1ccn2S(=O)(=O)c1cccs1. The van der Waals surface area contributed by atoms with Crippen LogP contribution in [0, 0.1) is 0 Å². The molecule has 0 aliphatic rings. The highest BCUT2D eigenvalue weighted by Crippen LogP contribution is 2.27. The lowest BCUT2D eigenvalue weighted by Crippen LogP contribution is -2.12. The average molecular weight is 320 g/mol. The van der Waals surface area contributed by atoms with Gasteiger partial charge in [-0.1, -0.05) is 18.2 Å². The van der Waals surface area contributed by atoms with Crippen molar-refractivity contribution in [1.82, 2.24) is 8.87 Å². The third-order valence-electron chi connectivity index (χ3n) is 3.28. The van der Waals surface area contributed by atoms with Gasteiger partial charge in [-0.3, -0.25) is 0 Å². The Morgan fingerprint density at radius 3 is 2.62 bits per heavy atom. The van der Waals surface area contributed by atoms with E-state index in [1.807, 2.05) is 38.4 Å². The quantitative estimate of drug-likeness (QED) is 0.742. The molecule has 0 aliphatic heterocycles. The van der Waals surface area contributed by atoms with Crippen LogP contribution in [0.25, 0.3) is 10.9 Å². The summed E-state index contributed by atoms with van der Waals surface area (Å²) in [6.45, 7) is 0.778. The molecule has 3 rings (SSSR count). The Labute approximate surface area is 128 Å². The summed E-state index contributed by atoms with van der Waals surface area (Å²) < 4.78 is 27.1. The van der Waals surface area contributed by atoms with Crippen LogP contribution in [0.4, 0.5) is 0 Å². The predicted molar refractivity (Wildman–Crippen MR) is 86.2 cm³/mol. The van der Waals surface area contributed by atoms with E-state index in [0.29, 0.717) is 4.21 Å². The molecule has 3 aromatic rings. The van der Waals surface area contributed by atoms with Gasteiger partial charge in [-0.25, -0.2) is 3.97 Å². The van der Waals surface area contributed by atoms with E-state index in [0.717, 1.165) is 23.0 Å². The molecular formula is C15H16N2O2S2. The summed E-state index contributed by atoms with van der Waals surface area (Å²) in [7, 11) is 0.494. The van der Waals surface area contributed by atoms with Gasteiger partial charge >= 0.3 is 0 Å². The van der Waals surface area contributed by atoms with Crippen molar-refractivity contribution in [1.29, 1.82) is 0 Å². The minimum atomic E-state index is -3.50. The molecule has 1 aromatic carbocycles. The zero-order valence-corrected chi connectivity index (χ0v) is 13.5. The summed E-state index contributed by atoms with van der Waals surface area (Å²) in [5.74, 6) is 0. The molecule has 6 heteroatoms. The van der Waals surface area contributed by atoms with E-state index in [4.69, 9.17) is 0 Å². The highest BCUT2D eigenvalue weighted by atomic mass is 32.2. The Hall–Kier alpha value is -1.63. The van der Waals surface area contributed by atoms with Crippen molar-refractivity contribution >= 4 is 32.3 Å². The molecule has 0 amide bonds.